The van der Waals surface area contributed by atoms with Crippen molar-refractivity contribution in [3.05, 3.63) is 84.4 Å². The molecule has 0 unspecified atom stereocenters. The highest BCUT2D eigenvalue weighted by atomic mass is 32.2. The fourth-order valence-electron chi connectivity index (χ4n) is 2.86. The monoisotopic (exact) mass is 440 g/mol. The van der Waals surface area contributed by atoms with E-state index in [2.05, 4.69) is 5.32 Å². The average molecular weight is 441 g/mol. The van der Waals surface area contributed by atoms with Crippen LogP contribution in [-0.4, -0.2) is 39.4 Å². The molecule has 3 aromatic rings. The molecule has 0 saturated carbocycles. The lowest BCUT2D eigenvalue weighted by Gasteiger charge is -2.17. The first-order valence-corrected chi connectivity index (χ1v) is 11.0. The van der Waals surface area contributed by atoms with Crippen molar-refractivity contribution in [2.75, 3.05) is 26.1 Å². The Morgan fingerprint density at radius 1 is 0.935 bits per heavy atom. The number of rotatable bonds is 9. The van der Waals surface area contributed by atoms with Gasteiger partial charge < -0.3 is 14.8 Å². The summed E-state index contributed by atoms with van der Waals surface area (Å²) in [4.78, 5) is 12.2. The van der Waals surface area contributed by atoms with E-state index in [4.69, 9.17) is 9.47 Å². The summed E-state index contributed by atoms with van der Waals surface area (Å²) < 4.78 is 37.4. The molecular formula is C23H24N2O5S. The molecule has 3 aromatic carbocycles. The molecule has 31 heavy (non-hydrogen) atoms. The number of hydrogen-bond acceptors (Lipinski definition) is 5. The molecule has 0 aromatic heterocycles. The first-order valence-electron chi connectivity index (χ1n) is 9.55. The van der Waals surface area contributed by atoms with Gasteiger partial charge in [-0.05, 0) is 42.0 Å². The number of benzene rings is 3. The van der Waals surface area contributed by atoms with Crippen molar-refractivity contribution in [1.82, 2.24) is 4.31 Å². The van der Waals surface area contributed by atoms with Crippen molar-refractivity contribution in [2.24, 2.45) is 0 Å². The van der Waals surface area contributed by atoms with Crippen LogP contribution < -0.4 is 14.8 Å². The van der Waals surface area contributed by atoms with E-state index >= 15 is 0 Å². The highest BCUT2D eigenvalue weighted by molar-refractivity contribution is 7.89. The van der Waals surface area contributed by atoms with E-state index in [0.29, 0.717) is 17.2 Å². The molecule has 1 amide bonds. The molecule has 0 radical (unpaired) electrons. The van der Waals surface area contributed by atoms with Crippen molar-refractivity contribution in [2.45, 2.75) is 11.4 Å². The van der Waals surface area contributed by atoms with Gasteiger partial charge in [0.1, 0.15) is 11.5 Å². The Balaban J connectivity index is 1.57. The molecule has 0 aliphatic rings. The number of hydrogen-bond donors (Lipinski definition) is 1. The summed E-state index contributed by atoms with van der Waals surface area (Å²) in [5.41, 5.74) is 1.49. The quantitative estimate of drug-likeness (QED) is 0.550. The van der Waals surface area contributed by atoms with Crippen LogP contribution in [0, 0.1) is 0 Å². The number of amides is 1. The van der Waals surface area contributed by atoms with Gasteiger partial charge in [-0.3, -0.25) is 4.79 Å². The minimum atomic E-state index is -3.65. The van der Waals surface area contributed by atoms with E-state index in [9.17, 15) is 13.2 Å². The molecule has 8 heteroatoms. The van der Waals surface area contributed by atoms with Gasteiger partial charge in [0, 0.05) is 25.3 Å². The lowest BCUT2D eigenvalue weighted by Crippen LogP contribution is -2.26. The van der Waals surface area contributed by atoms with Gasteiger partial charge in [0.25, 0.3) is 5.91 Å². The van der Waals surface area contributed by atoms with Crippen molar-refractivity contribution in [1.29, 1.82) is 0 Å². The zero-order valence-corrected chi connectivity index (χ0v) is 18.1. The highest BCUT2D eigenvalue weighted by Crippen LogP contribution is 2.21. The van der Waals surface area contributed by atoms with Gasteiger partial charge in [0.2, 0.25) is 10.0 Å². The second-order valence-electron chi connectivity index (χ2n) is 6.79. The maximum atomic E-state index is 12.8. The summed E-state index contributed by atoms with van der Waals surface area (Å²) in [6.07, 6.45) is 0. The summed E-state index contributed by atoms with van der Waals surface area (Å²) in [5.74, 6) is 0.686. The second kappa shape index (κ2) is 10.1. The molecule has 1 N–H and O–H groups in total. The molecule has 0 atom stereocenters. The Hall–Kier alpha value is -3.36. The zero-order chi connectivity index (χ0) is 22.3. The normalized spacial score (nSPS) is 11.2. The van der Waals surface area contributed by atoms with E-state index in [0.717, 1.165) is 5.56 Å². The summed E-state index contributed by atoms with van der Waals surface area (Å²) in [6, 6.07) is 22.3. The predicted molar refractivity (Wildman–Crippen MR) is 119 cm³/mol. The first-order chi connectivity index (χ1) is 14.9. The summed E-state index contributed by atoms with van der Waals surface area (Å²) >= 11 is 0. The van der Waals surface area contributed by atoms with Crippen LogP contribution in [0.1, 0.15) is 5.56 Å². The zero-order valence-electron chi connectivity index (χ0n) is 17.3. The van der Waals surface area contributed by atoms with E-state index in [-0.39, 0.29) is 24.0 Å². The van der Waals surface area contributed by atoms with Crippen molar-refractivity contribution in [3.8, 4) is 11.5 Å². The smallest absolute Gasteiger partial charge is 0.262 e. The van der Waals surface area contributed by atoms with Crippen molar-refractivity contribution < 1.29 is 22.7 Å². The third-order valence-corrected chi connectivity index (χ3v) is 6.32. The van der Waals surface area contributed by atoms with Gasteiger partial charge in [-0.25, -0.2) is 8.42 Å². The SMILES string of the molecule is COc1cccc(NC(=O)COc2ccc(S(=O)(=O)N(C)Cc3ccccc3)cc2)c1. The Bertz CT molecular complexity index is 1120. The maximum absolute atomic E-state index is 12.8. The van der Waals surface area contributed by atoms with Crippen LogP contribution in [0.4, 0.5) is 5.69 Å². The number of carbonyl (C=O) groups is 1. The van der Waals surface area contributed by atoms with Crippen LogP contribution in [0.2, 0.25) is 0 Å². The van der Waals surface area contributed by atoms with Gasteiger partial charge >= 0.3 is 0 Å². The molecule has 0 spiro atoms. The average Bonchev–Trinajstić information content (AvgIpc) is 2.78. The van der Waals surface area contributed by atoms with Crippen LogP contribution in [0.25, 0.3) is 0 Å². The minimum absolute atomic E-state index is 0.152. The van der Waals surface area contributed by atoms with Crippen LogP contribution in [0.15, 0.2) is 83.8 Å². The molecule has 162 valence electrons. The fourth-order valence-corrected chi connectivity index (χ4v) is 4.02. The van der Waals surface area contributed by atoms with Crippen LogP contribution >= 0.6 is 0 Å². The fraction of sp³-hybridized carbons (Fsp3) is 0.174. The molecule has 0 saturated heterocycles. The number of carbonyl (C=O) groups excluding carboxylic acids is 1. The topological polar surface area (TPSA) is 84.9 Å². The molecule has 0 bridgehead atoms. The highest BCUT2D eigenvalue weighted by Gasteiger charge is 2.21. The van der Waals surface area contributed by atoms with Gasteiger partial charge in [-0.2, -0.15) is 4.31 Å². The third-order valence-electron chi connectivity index (χ3n) is 4.50. The molecular weight excluding hydrogens is 416 g/mol. The first kappa shape index (κ1) is 22.3. The Labute approximate surface area is 182 Å². The minimum Gasteiger partial charge on any atom is -0.497 e. The van der Waals surface area contributed by atoms with Gasteiger partial charge in [0.15, 0.2) is 6.61 Å². The predicted octanol–water partition coefficient (Wildman–Crippen LogP) is 3.53. The second-order valence-corrected chi connectivity index (χ2v) is 8.83. The number of nitrogens with one attached hydrogen (secondary N) is 1. The van der Waals surface area contributed by atoms with Crippen LogP contribution in [0.5, 0.6) is 11.5 Å². The summed E-state index contributed by atoms with van der Waals surface area (Å²) in [7, 11) is -0.560. The van der Waals surface area contributed by atoms with E-state index in [1.165, 1.54) is 35.6 Å². The van der Waals surface area contributed by atoms with Gasteiger partial charge in [0.05, 0.1) is 12.0 Å². The Morgan fingerprint density at radius 3 is 2.32 bits per heavy atom. The molecule has 0 aliphatic heterocycles. The van der Waals surface area contributed by atoms with E-state index in [1.54, 1.807) is 31.4 Å². The standard InChI is InChI=1S/C23H24N2O5S/c1-25(16-18-7-4-3-5-8-18)31(27,28)22-13-11-20(12-14-22)30-17-23(26)24-19-9-6-10-21(15-19)29-2/h3-15H,16-17H2,1-2H3,(H,24,26). The maximum Gasteiger partial charge on any atom is 0.262 e. The van der Waals surface area contributed by atoms with Crippen LogP contribution in [0.3, 0.4) is 0 Å². The van der Waals surface area contributed by atoms with Crippen LogP contribution in [-0.2, 0) is 21.4 Å². The number of ether oxygens (including phenoxy) is 2. The molecule has 0 heterocycles. The Morgan fingerprint density at radius 2 is 1.65 bits per heavy atom. The Kier molecular flexibility index (Phi) is 7.28. The van der Waals surface area contributed by atoms with Crippen molar-refractivity contribution >= 4 is 21.6 Å². The lowest BCUT2D eigenvalue weighted by molar-refractivity contribution is -0.118. The van der Waals surface area contributed by atoms with E-state index in [1.807, 2.05) is 30.3 Å². The summed E-state index contributed by atoms with van der Waals surface area (Å²) in [5, 5.41) is 2.71. The summed E-state index contributed by atoms with van der Waals surface area (Å²) in [6.45, 7) is 0.0586. The molecule has 0 fully saturated rings. The van der Waals surface area contributed by atoms with Gasteiger partial charge in [-0.15, -0.1) is 0 Å². The van der Waals surface area contributed by atoms with E-state index < -0.39 is 10.0 Å². The number of anilines is 1. The number of methoxy groups -OCH3 is 1. The number of sulfonamides is 1. The molecule has 0 aliphatic carbocycles. The lowest BCUT2D eigenvalue weighted by atomic mass is 10.2. The van der Waals surface area contributed by atoms with Crippen molar-refractivity contribution in [3.63, 3.8) is 0 Å². The largest absolute Gasteiger partial charge is 0.497 e. The van der Waals surface area contributed by atoms with Gasteiger partial charge in [-0.1, -0.05) is 36.4 Å². The molecule has 3 rings (SSSR count). The third kappa shape index (κ3) is 6.07. The number of nitrogens with zero attached hydrogens (tertiary/aromatic N) is 1. The molecule has 7 nitrogen and oxygen atoms in total.